The van der Waals surface area contributed by atoms with Crippen LogP contribution in [0.1, 0.15) is 25.8 Å². The zero-order valence-corrected chi connectivity index (χ0v) is 25.7. The molecule has 1 amide bonds. The summed E-state index contributed by atoms with van der Waals surface area (Å²) < 4.78 is 28.6. The third kappa shape index (κ3) is 10.1. The molecule has 0 aliphatic rings. The van der Waals surface area contributed by atoms with Crippen LogP contribution < -0.4 is 10.6 Å². The maximum atomic E-state index is 13.7. The lowest BCUT2D eigenvalue weighted by atomic mass is 10.0. The number of amides is 1. The maximum Gasteiger partial charge on any atom is 0.404 e. The summed E-state index contributed by atoms with van der Waals surface area (Å²) in [6, 6.07) is 14.8. The second-order valence-corrected chi connectivity index (χ2v) is 13.5. The molecule has 2 atom stereocenters. The second kappa shape index (κ2) is 15.3. The summed E-state index contributed by atoms with van der Waals surface area (Å²) in [5.74, 6) is -0.0186. The largest absolute Gasteiger partial charge is 0.465 e. The van der Waals surface area contributed by atoms with Gasteiger partial charge in [-0.25, -0.2) is 18.2 Å². The van der Waals surface area contributed by atoms with Gasteiger partial charge >= 0.3 is 6.09 Å². The van der Waals surface area contributed by atoms with Crippen LogP contribution in [0.25, 0.3) is 11.3 Å². The first-order chi connectivity index (χ1) is 19.5. The third-order valence-electron chi connectivity index (χ3n) is 6.38. The van der Waals surface area contributed by atoms with Crippen LogP contribution in [-0.2, 0) is 16.4 Å². The van der Waals surface area contributed by atoms with E-state index in [9.17, 15) is 23.4 Å². The van der Waals surface area contributed by atoms with Gasteiger partial charge in [-0.15, -0.1) is 11.3 Å². The van der Waals surface area contributed by atoms with Gasteiger partial charge in [0.25, 0.3) is 0 Å². The van der Waals surface area contributed by atoms with Crippen LogP contribution in [-0.4, -0.2) is 91.3 Å². The number of hydrogen-bond donors (Lipinski definition) is 4. The van der Waals surface area contributed by atoms with Crippen LogP contribution >= 0.6 is 11.3 Å². The first-order valence-electron chi connectivity index (χ1n) is 13.6. The van der Waals surface area contributed by atoms with Gasteiger partial charge in [-0.05, 0) is 57.1 Å². The topological polar surface area (TPSA) is 135 Å². The van der Waals surface area contributed by atoms with Crippen LogP contribution in [0.2, 0.25) is 0 Å². The number of benzene rings is 2. The van der Waals surface area contributed by atoms with Gasteiger partial charge in [0.05, 0.1) is 22.7 Å². The lowest BCUT2D eigenvalue weighted by molar-refractivity contribution is 0.0980. The number of thiazole rings is 1. The molecule has 3 rings (SSSR count). The zero-order valence-electron chi connectivity index (χ0n) is 24.0. The molecule has 3 aromatic rings. The fourth-order valence-electron chi connectivity index (χ4n) is 4.35. The minimum atomic E-state index is -3.98. The van der Waals surface area contributed by atoms with Crippen LogP contribution in [0.5, 0.6) is 0 Å². The molecule has 0 saturated carbocycles. The summed E-state index contributed by atoms with van der Waals surface area (Å²) >= 11 is 1.50. The molecule has 2 aromatic carbocycles. The quantitative estimate of drug-likeness (QED) is 0.180. The van der Waals surface area contributed by atoms with Crippen molar-refractivity contribution >= 4 is 32.6 Å². The molecule has 41 heavy (non-hydrogen) atoms. The monoisotopic (exact) mass is 603 g/mol. The molecule has 0 aliphatic carbocycles. The SMILES string of the molecule is CC(C)CN(C[C@H](O)[C@H](Cc1ccccc1)NC(=O)O)S(=O)(=O)c1ccc(-c2csc(NCCCN(C)C)n2)cc1. The van der Waals surface area contributed by atoms with Gasteiger partial charge in [0.15, 0.2) is 5.13 Å². The summed E-state index contributed by atoms with van der Waals surface area (Å²) in [4.78, 5) is 18.3. The standard InChI is InChI=1S/C29H41N5O5S2/c1-21(2)18-34(19-27(35)25(32-29(36)37)17-22-9-6-5-7-10-22)41(38,39)24-13-11-23(12-14-24)26-20-40-28(31-26)30-15-8-16-33(3)4/h5-7,9-14,20-21,25,27,32,35H,8,15-19H2,1-4H3,(H,30,31)(H,36,37)/t25-,27-/m0/s1. The number of carbonyl (C=O) groups is 1. The van der Waals surface area contributed by atoms with Gasteiger partial charge < -0.3 is 25.7 Å². The van der Waals surface area contributed by atoms with Crippen LogP contribution in [0.3, 0.4) is 0 Å². The van der Waals surface area contributed by atoms with E-state index in [1.165, 1.54) is 15.6 Å². The van der Waals surface area contributed by atoms with Gasteiger partial charge in [-0.3, -0.25) is 0 Å². The predicted octanol–water partition coefficient (Wildman–Crippen LogP) is 4.06. The Bertz CT molecular complexity index is 1330. The number of carboxylic acid groups (broad SMARTS) is 1. The summed E-state index contributed by atoms with van der Waals surface area (Å²) in [7, 11) is 0.0956. The molecule has 0 fully saturated rings. The van der Waals surface area contributed by atoms with Crippen molar-refractivity contribution < 1.29 is 23.4 Å². The average Bonchev–Trinajstić information content (AvgIpc) is 3.39. The summed E-state index contributed by atoms with van der Waals surface area (Å²) in [5.41, 5.74) is 2.38. The number of nitrogens with zero attached hydrogens (tertiary/aromatic N) is 3. The Labute approximate surface area is 247 Å². The number of aliphatic hydroxyl groups is 1. The fraction of sp³-hybridized carbons (Fsp3) is 0.448. The normalized spacial score (nSPS) is 13.5. The van der Waals surface area contributed by atoms with E-state index in [1.807, 2.05) is 63.7 Å². The van der Waals surface area contributed by atoms with Crippen LogP contribution in [0.15, 0.2) is 64.9 Å². The van der Waals surface area contributed by atoms with Gasteiger partial charge in [0.2, 0.25) is 10.0 Å². The number of aromatic nitrogens is 1. The van der Waals surface area contributed by atoms with E-state index in [2.05, 4.69) is 20.5 Å². The highest BCUT2D eigenvalue weighted by Crippen LogP contribution is 2.27. The Morgan fingerprint density at radius 1 is 1.05 bits per heavy atom. The summed E-state index contributed by atoms with van der Waals surface area (Å²) in [6.07, 6.45) is -1.33. The van der Waals surface area contributed by atoms with E-state index < -0.39 is 28.3 Å². The van der Waals surface area contributed by atoms with E-state index >= 15 is 0 Å². The number of hydrogen-bond acceptors (Lipinski definition) is 8. The molecule has 0 spiro atoms. The number of aliphatic hydroxyl groups excluding tert-OH is 1. The Kier molecular flexibility index (Phi) is 12.1. The molecule has 10 nitrogen and oxygen atoms in total. The highest BCUT2D eigenvalue weighted by Gasteiger charge is 2.31. The van der Waals surface area contributed by atoms with Crippen molar-refractivity contribution in [1.82, 2.24) is 19.5 Å². The first-order valence-corrected chi connectivity index (χ1v) is 15.9. The first kappa shape index (κ1) is 32.5. The van der Waals surface area contributed by atoms with Crippen molar-refractivity contribution in [2.75, 3.05) is 45.6 Å². The van der Waals surface area contributed by atoms with E-state index in [4.69, 9.17) is 0 Å². The molecule has 0 bridgehead atoms. The van der Waals surface area contributed by atoms with Crippen LogP contribution in [0, 0.1) is 5.92 Å². The molecule has 0 saturated heterocycles. The van der Waals surface area contributed by atoms with Crippen molar-refractivity contribution in [1.29, 1.82) is 0 Å². The average molecular weight is 604 g/mol. The van der Waals surface area contributed by atoms with Crippen molar-refractivity contribution in [2.45, 2.75) is 43.7 Å². The number of nitrogens with one attached hydrogen (secondary N) is 2. The minimum absolute atomic E-state index is 0.0186. The highest BCUT2D eigenvalue weighted by atomic mass is 32.2. The Morgan fingerprint density at radius 2 is 1.73 bits per heavy atom. The molecule has 224 valence electrons. The highest BCUT2D eigenvalue weighted by molar-refractivity contribution is 7.89. The third-order valence-corrected chi connectivity index (χ3v) is 9.03. The van der Waals surface area contributed by atoms with Crippen LogP contribution in [0.4, 0.5) is 9.93 Å². The molecule has 4 N–H and O–H groups in total. The van der Waals surface area contributed by atoms with Gasteiger partial charge in [-0.2, -0.15) is 4.31 Å². The lowest BCUT2D eigenvalue weighted by Gasteiger charge is -2.30. The van der Waals surface area contributed by atoms with Crippen molar-refractivity contribution in [2.24, 2.45) is 5.92 Å². The van der Waals surface area contributed by atoms with E-state index in [-0.39, 0.29) is 30.3 Å². The van der Waals surface area contributed by atoms with Gasteiger partial charge in [0, 0.05) is 30.6 Å². The molecule has 0 radical (unpaired) electrons. The predicted molar refractivity (Wildman–Crippen MR) is 164 cm³/mol. The van der Waals surface area contributed by atoms with E-state index in [0.29, 0.717) is 0 Å². The number of rotatable bonds is 16. The summed E-state index contributed by atoms with van der Waals surface area (Å²) in [6.45, 7) is 5.49. The minimum Gasteiger partial charge on any atom is -0.465 e. The van der Waals surface area contributed by atoms with E-state index in [0.717, 1.165) is 41.5 Å². The lowest BCUT2D eigenvalue weighted by Crippen LogP contribution is -2.50. The molecule has 0 unspecified atom stereocenters. The molecular weight excluding hydrogens is 562 g/mol. The zero-order chi connectivity index (χ0) is 30.0. The van der Waals surface area contributed by atoms with Gasteiger partial charge in [-0.1, -0.05) is 56.3 Å². The Balaban J connectivity index is 1.74. The smallest absolute Gasteiger partial charge is 0.404 e. The number of anilines is 1. The van der Waals surface area contributed by atoms with Crippen molar-refractivity contribution in [3.63, 3.8) is 0 Å². The van der Waals surface area contributed by atoms with Crippen molar-refractivity contribution in [3.8, 4) is 11.3 Å². The second-order valence-electron chi connectivity index (χ2n) is 10.7. The molecule has 12 heteroatoms. The summed E-state index contributed by atoms with van der Waals surface area (Å²) in [5, 5.41) is 28.9. The molecule has 0 aliphatic heterocycles. The molecular formula is C29H41N5O5S2. The maximum absolute atomic E-state index is 13.7. The van der Waals surface area contributed by atoms with Gasteiger partial charge in [0.1, 0.15) is 0 Å². The molecule has 1 aromatic heterocycles. The van der Waals surface area contributed by atoms with E-state index in [1.54, 1.807) is 24.3 Å². The molecule has 1 heterocycles. The Hall–Kier alpha value is -3.03. The Morgan fingerprint density at radius 3 is 2.34 bits per heavy atom. The van der Waals surface area contributed by atoms with Crippen molar-refractivity contribution in [3.05, 3.63) is 65.5 Å². The number of sulfonamides is 1. The fourth-order valence-corrected chi connectivity index (χ4v) is 6.72.